The third-order valence-corrected chi connectivity index (χ3v) is 3.53. The molecule has 0 saturated heterocycles. The minimum atomic E-state index is -0.301. The van der Waals surface area contributed by atoms with Crippen LogP contribution in [-0.4, -0.2) is 9.97 Å². The van der Waals surface area contributed by atoms with Crippen molar-refractivity contribution < 1.29 is 4.39 Å². The van der Waals surface area contributed by atoms with Crippen LogP contribution in [0, 0.1) is 19.7 Å². The number of benzene rings is 2. The number of aryl methyl sites for hydroxylation is 2. The molecule has 0 unspecified atom stereocenters. The van der Waals surface area contributed by atoms with Crippen molar-refractivity contribution in [3.8, 4) is 0 Å². The lowest BCUT2D eigenvalue weighted by atomic mass is 10.1. The molecule has 4 nitrogen and oxygen atoms in total. The predicted molar refractivity (Wildman–Crippen MR) is 95.0 cm³/mol. The van der Waals surface area contributed by atoms with Crippen molar-refractivity contribution in [1.29, 1.82) is 0 Å². The van der Waals surface area contributed by atoms with Gasteiger partial charge in [-0.3, -0.25) is 0 Å². The molecule has 0 spiro atoms. The molecule has 1 aromatic heterocycles. The van der Waals surface area contributed by atoms with Gasteiger partial charge in [0, 0.05) is 24.0 Å². The highest BCUT2D eigenvalue weighted by atomic mass is 19.1. The number of rotatable bonds is 5. The van der Waals surface area contributed by atoms with E-state index in [0.29, 0.717) is 18.2 Å². The van der Waals surface area contributed by atoms with E-state index < -0.39 is 0 Å². The maximum Gasteiger partial charge on any atom is 0.229 e. The lowest BCUT2D eigenvalue weighted by molar-refractivity contribution is 0.628. The number of halogens is 1. The zero-order valence-corrected chi connectivity index (χ0v) is 13.7. The van der Waals surface area contributed by atoms with Gasteiger partial charge in [0.2, 0.25) is 5.95 Å². The van der Waals surface area contributed by atoms with Crippen molar-refractivity contribution in [2.75, 3.05) is 10.6 Å². The van der Waals surface area contributed by atoms with Gasteiger partial charge in [-0.25, -0.2) is 9.37 Å². The molecule has 0 saturated carbocycles. The standard InChI is InChI=1S/C19H19FN4/c1-13-6-8-15(9-7-13)12-21-18-10-14(2)22-19(24-18)23-17-5-3-4-16(20)11-17/h3-11H,12H2,1-2H3,(H2,21,22,23,24). The average Bonchev–Trinajstić information content (AvgIpc) is 2.54. The highest BCUT2D eigenvalue weighted by Crippen LogP contribution is 2.17. The van der Waals surface area contributed by atoms with Gasteiger partial charge in [-0.05, 0) is 37.6 Å². The molecule has 2 aromatic carbocycles. The van der Waals surface area contributed by atoms with Crippen molar-refractivity contribution in [2.24, 2.45) is 0 Å². The summed E-state index contributed by atoms with van der Waals surface area (Å²) in [5.74, 6) is 0.861. The first-order valence-corrected chi connectivity index (χ1v) is 7.76. The Hall–Kier alpha value is -2.95. The lowest BCUT2D eigenvalue weighted by Gasteiger charge is -2.10. The van der Waals surface area contributed by atoms with Crippen LogP contribution in [0.2, 0.25) is 0 Å². The highest BCUT2D eigenvalue weighted by Gasteiger charge is 2.04. The molecule has 3 rings (SSSR count). The van der Waals surface area contributed by atoms with E-state index in [1.165, 1.54) is 23.3 Å². The molecule has 0 aliphatic rings. The number of nitrogens with zero attached hydrogens (tertiary/aromatic N) is 2. The van der Waals surface area contributed by atoms with E-state index in [0.717, 1.165) is 11.5 Å². The third-order valence-electron chi connectivity index (χ3n) is 3.53. The van der Waals surface area contributed by atoms with Gasteiger partial charge in [0.1, 0.15) is 11.6 Å². The van der Waals surface area contributed by atoms with Gasteiger partial charge in [0.05, 0.1) is 0 Å². The van der Waals surface area contributed by atoms with Crippen LogP contribution in [-0.2, 0) is 6.54 Å². The van der Waals surface area contributed by atoms with E-state index in [1.807, 2.05) is 13.0 Å². The van der Waals surface area contributed by atoms with Crippen molar-refractivity contribution in [1.82, 2.24) is 9.97 Å². The largest absolute Gasteiger partial charge is 0.366 e. The van der Waals surface area contributed by atoms with Crippen molar-refractivity contribution in [2.45, 2.75) is 20.4 Å². The molecule has 0 aliphatic carbocycles. The summed E-state index contributed by atoms with van der Waals surface area (Å²) in [7, 11) is 0. The van der Waals surface area contributed by atoms with E-state index in [2.05, 4.69) is 51.8 Å². The lowest BCUT2D eigenvalue weighted by Crippen LogP contribution is -2.05. The Morgan fingerprint density at radius 2 is 1.75 bits per heavy atom. The Morgan fingerprint density at radius 1 is 0.958 bits per heavy atom. The van der Waals surface area contributed by atoms with Crippen LogP contribution in [0.4, 0.5) is 21.8 Å². The van der Waals surface area contributed by atoms with Crippen LogP contribution in [0.3, 0.4) is 0 Å². The zero-order valence-electron chi connectivity index (χ0n) is 13.7. The van der Waals surface area contributed by atoms with Crippen molar-refractivity contribution in [3.05, 3.63) is 77.2 Å². The number of nitrogens with one attached hydrogen (secondary N) is 2. The Morgan fingerprint density at radius 3 is 2.50 bits per heavy atom. The summed E-state index contributed by atoms with van der Waals surface area (Å²) in [5, 5.41) is 6.32. The number of anilines is 3. The minimum absolute atomic E-state index is 0.301. The van der Waals surface area contributed by atoms with Crippen LogP contribution in [0.1, 0.15) is 16.8 Å². The molecular formula is C19H19FN4. The highest BCUT2D eigenvalue weighted by molar-refractivity contribution is 5.55. The van der Waals surface area contributed by atoms with Gasteiger partial charge >= 0.3 is 0 Å². The van der Waals surface area contributed by atoms with Gasteiger partial charge in [-0.15, -0.1) is 0 Å². The van der Waals surface area contributed by atoms with Gasteiger partial charge in [0.25, 0.3) is 0 Å². The summed E-state index contributed by atoms with van der Waals surface area (Å²) in [5.41, 5.74) is 3.86. The summed E-state index contributed by atoms with van der Waals surface area (Å²) in [6, 6.07) is 16.4. The molecule has 0 radical (unpaired) electrons. The molecule has 0 fully saturated rings. The Kier molecular flexibility index (Phi) is 4.70. The minimum Gasteiger partial charge on any atom is -0.366 e. The van der Waals surface area contributed by atoms with E-state index in [-0.39, 0.29) is 5.82 Å². The van der Waals surface area contributed by atoms with Crippen LogP contribution < -0.4 is 10.6 Å². The van der Waals surface area contributed by atoms with Gasteiger partial charge < -0.3 is 10.6 Å². The number of aromatic nitrogens is 2. The second kappa shape index (κ2) is 7.08. The van der Waals surface area contributed by atoms with Gasteiger partial charge in [-0.2, -0.15) is 4.98 Å². The first-order valence-electron chi connectivity index (χ1n) is 7.76. The predicted octanol–water partition coefficient (Wildman–Crippen LogP) is 4.59. The van der Waals surface area contributed by atoms with Crippen LogP contribution >= 0.6 is 0 Å². The monoisotopic (exact) mass is 322 g/mol. The summed E-state index contributed by atoms with van der Waals surface area (Å²) in [6.07, 6.45) is 0. The van der Waals surface area contributed by atoms with Crippen LogP contribution in [0.15, 0.2) is 54.6 Å². The fourth-order valence-corrected chi connectivity index (χ4v) is 2.31. The molecule has 0 aliphatic heterocycles. The summed E-state index contributed by atoms with van der Waals surface area (Å²) < 4.78 is 13.3. The van der Waals surface area contributed by atoms with Gasteiger partial charge in [-0.1, -0.05) is 35.9 Å². The van der Waals surface area contributed by atoms with Crippen LogP contribution in [0.5, 0.6) is 0 Å². The Labute approximate surface area is 140 Å². The normalized spacial score (nSPS) is 10.5. The van der Waals surface area contributed by atoms with Crippen molar-refractivity contribution >= 4 is 17.5 Å². The molecular weight excluding hydrogens is 303 g/mol. The van der Waals surface area contributed by atoms with E-state index in [4.69, 9.17) is 0 Å². The first-order chi connectivity index (χ1) is 11.6. The van der Waals surface area contributed by atoms with Gasteiger partial charge in [0.15, 0.2) is 0 Å². The second-order valence-electron chi connectivity index (χ2n) is 5.69. The quantitative estimate of drug-likeness (QED) is 0.721. The van der Waals surface area contributed by atoms with Crippen LogP contribution in [0.25, 0.3) is 0 Å². The number of hydrogen-bond acceptors (Lipinski definition) is 4. The molecule has 0 bridgehead atoms. The summed E-state index contributed by atoms with van der Waals surface area (Å²) >= 11 is 0. The Balaban J connectivity index is 1.72. The zero-order chi connectivity index (χ0) is 16.9. The summed E-state index contributed by atoms with van der Waals surface area (Å²) in [6.45, 7) is 4.64. The third kappa shape index (κ3) is 4.29. The molecule has 122 valence electrons. The van der Waals surface area contributed by atoms with E-state index in [1.54, 1.807) is 12.1 Å². The van der Waals surface area contributed by atoms with E-state index in [9.17, 15) is 4.39 Å². The molecule has 0 atom stereocenters. The molecule has 3 aromatic rings. The maximum absolute atomic E-state index is 13.3. The molecule has 2 N–H and O–H groups in total. The average molecular weight is 322 g/mol. The summed E-state index contributed by atoms with van der Waals surface area (Å²) in [4.78, 5) is 8.78. The van der Waals surface area contributed by atoms with Crippen molar-refractivity contribution in [3.63, 3.8) is 0 Å². The first kappa shape index (κ1) is 15.9. The Bertz CT molecular complexity index is 831. The smallest absolute Gasteiger partial charge is 0.229 e. The second-order valence-corrected chi connectivity index (χ2v) is 5.69. The molecule has 0 amide bonds. The van der Waals surface area contributed by atoms with E-state index >= 15 is 0 Å². The fourth-order valence-electron chi connectivity index (χ4n) is 2.31. The fraction of sp³-hybridized carbons (Fsp3) is 0.158. The topological polar surface area (TPSA) is 49.8 Å². The molecule has 1 heterocycles. The number of hydrogen-bond donors (Lipinski definition) is 2. The molecule has 5 heteroatoms. The molecule has 24 heavy (non-hydrogen) atoms. The SMILES string of the molecule is Cc1ccc(CNc2cc(C)nc(Nc3cccc(F)c3)n2)cc1. The maximum atomic E-state index is 13.3.